The number of tetrazole rings is 1. The van der Waals surface area contributed by atoms with Gasteiger partial charge < -0.3 is 9.88 Å². The van der Waals surface area contributed by atoms with E-state index in [1.807, 2.05) is 12.1 Å². The van der Waals surface area contributed by atoms with Crippen molar-refractivity contribution in [2.24, 2.45) is 0 Å². The van der Waals surface area contributed by atoms with E-state index < -0.39 is 0 Å². The molecule has 0 unspecified atom stereocenters. The summed E-state index contributed by atoms with van der Waals surface area (Å²) >= 11 is 0. The number of likely N-dealkylation sites (tertiary alicyclic amines) is 1. The van der Waals surface area contributed by atoms with Gasteiger partial charge in [0, 0.05) is 5.52 Å². The van der Waals surface area contributed by atoms with Gasteiger partial charge in [-0.25, -0.2) is 4.68 Å². The minimum Gasteiger partial charge on any atom is -0.322 e. The number of aryl methyl sites for hydroxylation is 1. The highest BCUT2D eigenvalue weighted by molar-refractivity contribution is 5.79. The van der Waals surface area contributed by atoms with E-state index in [-0.39, 0.29) is 11.6 Å². The van der Waals surface area contributed by atoms with Crippen molar-refractivity contribution in [1.82, 2.24) is 25.2 Å². The van der Waals surface area contributed by atoms with Crippen LogP contribution in [-0.2, 0) is 0 Å². The van der Waals surface area contributed by atoms with Gasteiger partial charge in [-0.15, -0.1) is 5.10 Å². The largest absolute Gasteiger partial charge is 0.322 e. The summed E-state index contributed by atoms with van der Waals surface area (Å²) in [5.74, 6) is 0.862. The SMILES string of the molecule is Cc1ccc2[nH]c(=O)c([C@H](c3nnnn3C3CCCCC3)[NH+]3CCCCCC3)cc2c1. The average molecular weight is 422 g/mol. The first kappa shape index (κ1) is 20.4. The van der Waals surface area contributed by atoms with Gasteiger partial charge in [-0.2, -0.15) is 0 Å². The summed E-state index contributed by atoms with van der Waals surface area (Å²) < 4.78 is 2.06. The molecule has 7 nitrogen and oxygen atoms in total. The highest BCUT2D eigenvalue weighted by atomic mass is 16.1. The lowest BCUT2D eigenvalue weighted by Crippen LogP contribution is -3.12. The Morgan fingerprint density at radius 1 is 1.03 bits per heavy atom. The lowest BCUT2D eigenvalue weighted by Gasteiger charge is -2.29. The first-order valence-electron chi connectivity index (χ1n) is 12.0. The third-order valence-electron chi connectivity index (χ3n) is 7.19. The van der Waals surface area contributed by atoms with Crippen molar-refractivity contribution < 1.29 is 4.90 Å². The molecule has 2 aliphatic rings. The zero-order valence-corrected chi connectivity index (χ0v) is 18.4. The van der Waals surface area contributed by atoms with Crippen molar-refractivity contribution in [3.63, 3.8) is 0 Å². The van der Waals surface area contributed by atoms with Crippen LogP contribution in [0.25, 0.3) is 10.9 Å². The van der Waals surface area contributed by atoms with E-state index >= 15 is 0 Å². The lowest BCUT2D eigenvalue weighted by molar-refractivity contribution is -0.925. The maximum atomic E-state index is 13.3. The van der Waals surface area contributed by atoms with E-state index in [2.05, 4.69) is 44.2 Å². The van der Waals surface area contributed by atoms with E-state index in [0.29, 0.717) is 6.04 Å². The summed E-state index contributed by atoms with van der Waals surface area (Å²) in [4.78, 5) is 17.9. The van der Waals surface area contributed by atoms with Crippen LogP contribution in [0, 0.1) is 6.92 Å². The quantitative estimate of drug-likeness (QED) is 0.679. The number of fused-ring (bicyclic) bond motifs is 1. The molecule has 0 bridgehead atoms. The van der Waals surface area contributed by atoms with Gasteiger partial charge in [0.1, 0.15) is 0 Å². The number of pyridine rings is 1. The summed E-state index contributed by atoms with van der Waals surface area (Å²) in [6.07, 6.45) is 10.9. The van der Waals surface area contributed by atoms with Crippen LogP contribution in [-0.4, -0.2) is 38.3 Å². The Hall–Kier alpha value is -2.54. The van der Waals surface area contributed by atoms with E-state index in [4.69, 9.17) is 0 Å². The molecular formula is C24H33N6O+. The number of aromatic nitrogens is 5. The summed E-state index contributed by atoms with van der Waals surface area (Å²) in [5.41, 5.74) is 2.85. The number of aromatic amines is 1. The molecule has 1 aromatic carbocycles. The average Bonchev–Trinajstić information content (AvgIpc) is 3.10. The maximum Gasteiger partial charge on any atom is 0.258 e. The van der Waals surface area contributed by atoms with Crippen LogP contribution in [0.2, 0.25) is 0 Å². The van der Waals surface area contributed by atoms with E-state index in [1.54, 1.807) is 0 Å². The summed E-state index contributed by atoms with van der Waals surface area (Å²) in [7, 11) is 0. The van der Waals surface area contributed by atoms with Crippen molar-refractivity contribution >= 4 is 10.9 Å². The number of H-pyrrole nitrogens is 1. The molecular weight excluding hydrogens is 388 g/mol. The minimum absolute atomic E-state index is 0.0173. The van der Waals surface area contributed by atoms with Gasteiger partial charge in [0.05, 0.1) is 24.7 Å². The van der Waals surface area contributed by atoms with Gasteiger partial charge in [0.2, 0.25) is 5.82 Å². The van der Waals surface area contributed by atoms with Crippen LogP contribution in [0.4, 0.5) is 0 Å². The van der Waals surface area contributed by atoms with Crippen LogP contribution >= 0.6 is 0 Å². The lowest BCUT2D eigenvalue weighted by atomic mass is 9.95. The zero-order valence-electron chi connectivity index (χ0n) is 18.4. The van der Waals surface area contributed by atoms with Crippen LogP contribution in [0.3, 0.4) is 0 Å². The highest BCUT2D eigenvalue weighted by Gasteiger charge is 2.36. The van der Waals surface area contributed by atoms with Gasteiger partial charge >= 0.3 is 0 Å². The second-order valence-corrected chi connectivity index (χ2v) is 9.42. The molecule has 31 heavy (non-hydrogen) atoms. The molecule has 3 aromatic rings. The summed E-state index contributed by atoms with van der Waals surface area (Å²) in [6, 6.07) is 8.48. The number of hydrogen-bond donors (Lipinski definition) is 2. The third kappa shape index (κ3) is 4.15. The fourth-order valence-corrected chi connectivity index (χ4v) is 5.55. The van der Waals surface area contributed by atoms with E-state index in [0.717, 1.165) is 48.2 Å². The fraction of sp³-hybridized carbons (Fsp3) is 0.583. The molecule has 1 saturated carbocycles. The Kier molecular flexibility index (Phi) is 5.85. The number of nitrogens with one attached hydrogen (secondary N) is 2. The van der Waals surface area contributed by atoms with Gasteiger partial charge in [0.15, 0.2) is 6.04 Å². The molecule has 7 heteroatoms. The highest BCUT2D eigenvalue weighted by Crippen LogP contribution is 2.30. The monoisotopic (exact) mass is 421 g/mol. The van der Waals surface area contributed by atoms with Gasteiger partial charge in [-0.05, 0) is 79.5 Å². The van der Waals surface area contributed by atoms with Gasteiger partial charge in [0.25, 0.3) is 5.56 Å². The first-order valence-corrected chi connectivity index (χ1v) is 12.0. The fourth-order valence-electron chi connectivity index (χ4n) is 5.55. The van der Waals surface area contributed by atoms with Crippen molar-refractivity contribution in [3.8, 4) is 0 Å². The Balaban J connectivity index is 1.64. The van der Waals surface area contributed by atoms with Crippen LogP contribution in [0.15, 0.2) is 29.1 Å². The first-order chi connectivity index (χ1) is 15.2. The molecule has 1 atom stereocenters. The third-order valence-corrected chi connectivity index (χ3v) is 7.19. The predicted octanol–water partition coefficient (Wildman–Crippen LogP) is 2.88. The molecule has 1 aliphatic carbocycles. The second kappa shape index (κ2) is 8.91. The van der Waals surface area contributed by atoms with Crippen LogP contribution in [0.1, 0.15) is 86.8 Å². The molecule has 1 aliphatic heterocycles. The zero-order chi connectivity index (χ0) is 21.2. The van der Waals surface area contributed by atoms with Gasteiger partial charge in [-0.1, -0.05) is 30.9 Å². The molecule has 0 radical (unpaired) electrons. The normalized spacial score (nSPS) is 20.0. The van der Waals surface area contributed by atoms with Crippen LogP contribution in [0.5, 0.6) is 0 Å². The second-order valence-electron chi connectivity index (χ2n) is 9.42. The maximum absolute atomic E-state index is 13.3. The van der Waals surface area contributed by atoms with Crippen molar-refractivity contribution in [3.05, 3.63) is 51.6 Å². The molecule has 0 spiro atoms. The molecule has 5 rings (SSSR count). The number of benzene rings is 1. The molecule has 2 fully saturated rings. The Morgan fingerprint density at radius 3 is 2.55 bits per heavy atom. The van der Waals surface area contributed by atoms with E-state index in [1.165, 1.54) is 55.4 Å². The Labute approximate surface area is 182 Å². The summed E-state index contributed by atoms with van der Waals surface area (Å²) in [6.45, 7) is 4.19. The van der Waals surface area contributed by atoms with Crippen molar-refractivity contribution in [1.29, 1.82) is 0 Å². The Bertz CT molecular complexity index is 1090. The molecule has 2 aromatic heterocycles. The molecule has 1 saturated heterocycles. The van der Waals surface area contributed by atoms with E-state index in [9.17, 15) is 4.79 Å². The van der Waals surface area contributed by atoms with Crippen molar-refractivity contribution in [2.75, 3.05) is 13.1 Å². The van der Waals surface area contributed by atoms with Gasteiger partial charge in [-0.3, -0.25) is 4.79 Å². The van der Waals surface area contributed by atoms with Crippen molar-refractivity contribution in [2.45, 2.75) is 76.8 Å². The molecule has 3 heterocycles. The topological polar surface area (TPSA) is 80.9 Å². The number of nitrogens with zero attached hydrogens (tertiary/aromatic N) is 4. The number of quaternary nitrogens is 1. The standard InChI is InChI=1S/C24H32N6O/c1-17-11-12-21-18(15-17)16-20(24(31)25-21)22(29-13-7-2-3-8-14-29)23-26-27-28-30(23)19-9-5-4-6-10-19/h11-12,15-16,19,22H,2-10,13-14H2,1H3,(H,25,31)/p+1/t22-/m1/s1. The molecule has 164 valence electrons. The minimum atomic E-state index is -0.135. The summed E-state index contributed by atoms with van der Waals surface area (Å²) in [5, 5.41) is 14.2. The Morgan fingerprint density at radius 2 is 1.77 bits per heavy atom. The number of rotatable bonds is 4. The van der Waals surface area contributed by atoms with Crippen LogP contribution < -0.4 is 10.5 Å². The smallest absolute Gasteiger partial charge is 0.258 e. The molecule has 2 N–H and O–H groups in total. The molecule has 0 amide bonds. The number of hydrogen-bond acceptors (Lipinski definition) is 4. The predicted molar refractivity (Wildman–Crippen MR) is 120 cm³/mol.